The molecule has 1 nitrogen and oxygen atoms in total. The van der Waals surface area contributed by atoms with Gasteiger partial charge >= 0.3 is 0 Å². The summed E-state index contributed by atoms with van der Waals surface area (Å²) >= 11 is 12.7. The molecule has 1 rings (SSSR count). The number of phenolic OH excluding ortho intramolecular Hbond substituents is 1. The highest BCUT2D eigenvalue weighted by molar-refractivity contribution is 7.99. The molecular formula is C9H8Cl2OS. The fraction of sp³-hybridized carbons (Fsp3) is 0.111. The number of hydrogen-bond donors (Lipinski definition) is 1. The van der Waals surface area contributed by atoms with Gasteiger partial charge in [-0.05, 0) is 24.3 Å². The Morgan fingerprint density at radius 3 is 2.54 bits per heavy atom. The second-order valence-electron chi connectivity index (χ2n) is 2.34. The van der Waals surface area contributed by atoms with Crippen LogP contribution in [0.3, 0.4) is 0 Å². The van der Waals surface area contributed by atoms with Crippen LogP contribution in [-0.2, 0) is 0 Å². The third-order valence-electron chi connectivity index (χ3n) is 1.33. The van der Waals surface area contributed by atoms with Crippen LogP contribution in [0.2, 0.25) is 0 Å². The molecule has 1 aromatic carbocycles. The Morgan fingerprint density at radius 2 is 2.00 bits per heavy atom. The van der Waals surface area contributed by atoms with E-state index in [2.05, 4.69) is 0 Å². The summed E-state index contributed by atoms with van der Waals surface area (Å²) in [5.41, 5.74) is 1.36. The number of rotatable bonds is 3. The fourth-order valence-electron chi connectivity index (χ4n) is 0.726. The highest BCUT2D eigenvalue weighted by atomic mass is 35.5. The van der Waals surface area contributed by atoms with E-state index in [0.717, 1.165) is 4.90 Å². The minimum atomic E-state index is 0.267. The van der Waals surface area contributed by atoms with E-state index in [1.165, 1.54) is 5.54 Å². The first-order chi connectivity index (χ1) is 6.22. The van der Waals surface area contributed by atoms with Crippen LogP contribution in [0.15, 0.2) is 39.7 Å². The van der Waals surface area contributed by atoms with Gasteiger partial charge in [0, 0.05) is 21.2 Å². The van der Waals surface area contributed by atoms with E-state index in [9.17, 15) is 0 Å². The monoisotopic (exact) mass is 234 g/mol. The summed E-state index contributed by atoms with van der Waals surface area (Å²) in [4.78, 5) is 1.05. The van der Waals surface area contributed by atoms with Crippen LogP contribution >= 0.6 is 35.0 Å². The van der Waals surface area contributed by atoms with Crippen molar-refractivity contribution in [1.82, 2.24) is 0 Å². The first-order valence-electron chi connectivity index (χ1n) is 3.59. The van der Waals surface area contributed by atoms with Gasteiger partial charge < -0.3 is 5.11 Å². The van der Waals surface area contributed by atoms with Crippen molar-refractivity contribution in [1.29, 1.82) is 0 Å². The van der Waals surface area contributed by atoms with Crippen molar-refractivity contribution in [2.75, 3.05) is 5.75 Å². The molecule has 0 bridgehead atoms. The van der Waals surface area contributed by atoms with Gasteiger partial charge in [-0.15, -0.1) is 11.8 Å². The molecule has 0 saturated carbocycles. The van der Waals surface area contributed by atoms with Crippen LogP contribution in [0.5, 0.6) is 5.75 Å². The zero-order chi connectivity index (χ0) is 9.68. The third kappa shape index (κ3) is 3.94. The normalized spacial score (nSPS) is 11.7. The summed E-state index contributed by atoms with van der Waals surface area (Å²) in [7, 11) is 0. The summed E-state index contributed by atoms with van der Waals surface area (Å²) < 4.78 is 0. The standard InChI is InChI=1S/C9H8Cl2OS/c10-5-7(11)6-13-9-3-1-8(12)2-4-9/h1-5,12H,6H2/b7-5-. The molecule has 0 heterocycles. The van der Waals surface area contributed by atoms with E-state index in [4.69, 9.17) is 28.3 Å². The predicted molar refractivity (Wildman–Crippen MR) is 58.6 cm³/mol. The molecule has 13 heavy (non-hydrogen) atoms. The van der Waals surface area contributed by atoms with Gasteiger partial charge in [-0.2, -0.15) is 0 Å². The van der Waals surface area contributed by atoms with Gasteiger partial charge in [0.05, 0.1) is 0 Å². The molecular weight excluding hydrogens is 227 g/mol. The Bertz CT molecular complexity index is 295. The number of thioether (sulfide) groups is 1. The van der Waals surface area contributed by atoms with E-state index in [0.29, 0.717) is 10.8 Å². The molecule has 0 radical (unpaired) electrons. The summed E-state index contributed by atoms with van der Waals surface area (Å²) in [6, 6.07) is 6.94. The molecule has 0 amide bonds. The van der Waals surface area contributed by atoms with Crippen LogP contribution in [0.1, 0.15) is 0 Å². The Hall–Kier alpha value is -0.310. The Balaban J connectivity index is 2.51. The Labute approximate surface area is 91.4 Å². The largest absolute Gasteiger partial charge is 0.508 e. The minimum absolute atomic E-state index is 0.267. The first kappa shape index (κ1) is 10.8. The van der Waals surface area contributed by atoms with Crippen LogP contribution in [0.4, 0.5) is 0 Å². The number of hydrogen-bond acceptors (Lipinski definition) is 2. The van der Waals surface area contributed by atoms with Gasteiger partial charge in [-0.1, -0.05) is 23.2 Å². The molecule has 0 saturated heterocycles. The topological polar surface area (TPSA) is 20.2 Å². The van der Waals surface area contributed by atoms with Gasteiger partial charge in [0.25, 0.3) is 0 Å². The SMILES string of the molecule is Oc1ccc(SC/C(Cl)=C/Cl)cc1. The van der Waals surface area contributed by atoms with E-state index in [1.54, 1.807) is 23.9 Å². The van der Waals surface area contributed by atoms with E-state index in [1.807, 2.05) is 12.1 Å². The van der Waals surface area contributed by atoms with Crippen molar-refractivity contribution < 1.29 is 5.11 Å². The number of halogens is 2. The fourth-order valence-corrected chi connectivity index (χ4v) is 1.77. The molecule has 0 spiro atoms. The molecule has 1 N–H and O–H groups in total. The minimum Gasteiger partial charge on any atom is -0.508 e. The molecule has 0 aromatic heterocycles. The number of aromatic hydroxyl groups is 1. The molecule has 0 aliphatic heterocycles. The van der Waals surface area contributed by atoms with Gasteiger partial charge in [-0.25, -0.2) is 0 Å². The highest BCUT2D eigenvalue weighted by Gasteiger charge is 1.96. The maximum absolute atomic E-state index is 9.01. The smallest absolute Gasteiger partial charge is 0.115 e. The predicted octanol–water partition coefficient (Wildman–Crippen LogP) is 3.80. The van der Waals surface area contributed by atoms with E-state index >= 15 is 0 Å². The lowest BCUT2D eigenvalue weighted by Crippen LogP contribution is -1.77. The van der Waals surface area contributed by atoms with Crippen LogP contribution in [-0.4, -0.2) is 10.9 Å². The Kier molecular flexibility index (Phi) is 4.50. The average molecular weight is 235 g/mol. The lowest BCUT2D eigenvalue weighted by molar-refractivity contribution is 0.475. The van der Waals surface area contributed by atoms with Crippen molar-refractivity contribution >= 4 is 35.0 Å². The summed E-state index contributed by atoms with van der Waals surface area (Å²) in [6.07, 6.45) is 0. The lowest BCUT2D eigenvalue weighted by Gasteiger charge is -1.99. The van der Waals surface area contributed by atoms with Crippen LogP contribution in [0.25, 0.3) is 0 Å². The molecule has 0 unspecified atom stereocenters. The van der Waals surface area contributed by atoms with Gasteiger partial charge in [-0.3, -0.25) is 0 Å². The highest BCUT2D eigenvalue weighted by Crippen LogP contribution is 2.23. The number of benzene rings is 1. The van der Waals surface area contributed by atoms with Gasteiger partial charge in [0.1, 0.15) is 5.75 Å². The van der Waals surface area contributed by atoms with Crippen molar-refractivity contribution in [3.63, 3.8) is 0 Å². The summed E-state index contributed by atoms with van der Waals surface area (Å²) in [6.45, 7) is 0. The molecule has 4 heteroatoms. The molecule has 0 atom stereocenters. The van der Waals surface area contributed by atoms with Gasteiger partial charge in [0.2, 0.25) is 0 Å². The maximum atomic E-state index is 9.01. The van der Waals surface area contributed by atoms with Crippen molar-refractivity contribution in [3.8, 4) is 5.75 Å². The second-order valence-corrected chi connectivity index (χ2v) is 4.09. The molecule has 0 aliphatic rings. The maximum Gasteiger partial charge on any atom is 0.115 e. The third-order valence-corrected chi connectivity index (χ3v) is 3.17. The first-order valence-corrected chi connectivity index (χ1v) is 5.39. The zero-order valence-corrected chi connectivity index (χ0v) is 9.03. The second kappa shape index (κ2) is 5.43. The van der Waals surface area contributed by atoms with Gasteiger partial charge in [0.15, 0.2) is 0 Å². The Morgan fingerprint density at radius 1 is 1.38 bits per heavy atom. The van der Waals surface area contributed by atoms with E-state index in [-0.39, 0.29) is 5.75 Å². The molecule has 1 aromatic rings. The van der Waals surface area contributed by atoms with Crippen molar-refractivity contribution in [2.45, 2.75) is 4.90 Å². The number of phenols is 1. The van der Waals surface area contributed by atoms with Crippen LogP contribution < -0.4 is 0 Å². The summed E-state index contributed by atoms with van der Waals surface area (Å²) in [5, 5.41) is 9.62. The van der Waals surface area contributed by atoms with Crippen LogP contribution in [0, 0.1) is 0 Å². The van der Waals surface area contributed by atoms with Crippen molar-refractivity contribution in [2.24, 2.45) is 0 Å². The lowest BCUT2D eigenvalue weighted by atomic mass is 10.3. The molecule has 0 fully saturated rings. The molecule has 0 aliphatic carbocycles. The summed E-state index contributed by atoms with van der Waals surface area (Å²) in [5.74, 6) is 0.916. The van der Waals surface area contributed by atoms with E-state index < -0.39 is 0 Å². The average Bonchev–Trinajstić information content (AvgIpc) is 2.16. The zero-order valence-electron chi connectivity index (χ0n) is 6.71. The quantitative estimate of drug-likeness (QED) is 0.804. The van der Waals surface area contributed by atoms with Crippen molar-refractivity contribution in [3.05, 3.63) is 34.8 Å². The molecule has 70 valence electrons.